The van der Waals surface area contributed by atoms with Gasteiger partial charge in [0.25, 0.3) is 0 Å². The Morgan fingerprint density at radius 2 is 2.19 bits per heavy atom. The molecule has 0 amide bonds. The van der Waals surface area contributed by atoms with Crippen molar-refractivity contribution >= 4 is 28.5 Å². The Labute approximate surface area is 97.4 Å². The standard InChI is InChI=1S/C11H11ClN2O2/c1-6(2)14-9-5-7(11(15)16)3-4-8(9)10(12)13-14/h3-6H,1-2H3,(H,15,16). The summed E-state index contributed by atoms with van der Waals surface area (Å²) in [6.07, 6.45) is 0. The molecule has 0 atom stereocenters. The van der Waals surface area contributed by atoms with Crippen LogP contribution in [0.25, 0.3) is 10.9 Å². The van der Waals surface area contributed by atoms with E-state index in [-0.39, 0.29) is 11.6 Å². The number of rotatable bonds is 2. The summed E-state index contributed by atoms with van der Waals surface area (Å²) >= 11 is 5.97. The Morgan fingerprint density at radius 3 is 2.75 bits per heavy atom. The number of carboxylic acid groups (broad SMARTS) is 1. The highest BCUT2D eigenvalue weighted by molar-refractivity contribution is 6.34. The lowest BCUT2D eigenvalue weighted by atomic mass is 10.1. The average Bonchev–Trinajstić information content (AvgIpc) is 2.56. The van der Waals surface area contributed by atoms with Crippen molar-refractivity contribution in [2.75, 3.05) is 0 Å². The van der Waals surface area contributed by atoms with E-state index < -0.39 is 5.97 Å². The lowest BCUT2D eigenvalue weighted by Gasteiger charge is -2.06. The maximum Gasteiger partial charge on any atom is 0.335 e. The topological polar surface area (TPSA) is 55.1 Å². The van der Waals surface area contributed by atoms with E-state index in [0.29, 0.717) is 5.15 Å². The minimum absolute atomic E-state index is 0.138. The molecule has 0 aliphatic rings. The summed E-state index contributed by atoms with van der Waals surface area (Å²) in [7, 11) is 0. The maximum atomic E-state index is 10.9. The van der Waals surface area contributed by atoms with Gasteiger partial charge in [0, 0.05) is 11.4 Å². The lowest BCUT2D eigenvalue weighted by molar-refractivity contribution is 0.0697. The van der Waals surface area contributed by atoms with Crippen LogP contribution in [0, 0.1) is 0 Å². The van der Waals surface area contributed by atoms with Crippen molar-refractivity contribution in [1.29, 1.82) is 0 Å². The first-order valence-electron chi connectivity index (χ1n) is 4.91. The van der Waals surface area contributed by atoms with E-state index in [1.54, 1.807) is 16.8 Å². The van der Waals surface area contributed by atoms with Crippen molar-refractivity contribution in [3.63, 3.8) is 0 Å². The van der Waals surface area contributed by atoms with Gasteiger partial charge in [-0.1, -0.05) is 11.6 Å². The minimum atomic E-state index is -0.950. The second-order valence-electron chi connectivity index (χ2n) is 3.87. The number of aromatic nitrogens is 2. The Balaban J connectivity index is 2.74. The summed E-state index contributed by atoms with van der Waals surface area (Å²) in [5.74, 6) is -0.950. The molecule has 1 aromatic heterocycles. The van der Waals surface area contributed by atoms with Gasteiger partial charge in [-0.05, 0) is 32.0 Å². The number of fused-ring (bicyclic) bond motifs is 1. The number of hydrogen-bond acceptors (Lipinski definition) is 2. The monoisotopic (exact) mass is 238 g/mol. The van der Waals surface area contributed by atoms with Gasteiger partial charge in [0.1, 0.15) is 0 Å². The molecule has 0 saturated carbocycles. The van der Waals surface area contributed by atoms with Crippen LogP contribution < -0.4 is 0 Å². The van der Waals surface area contributed by atoms with Crippen molar-refractivity contribution < 1.29 is 9.90 Å². The normalized spacial score (nSPS) is 11.2. The SMILES string of the molecule is CC(C)n1nc(Cl)c2ccc(C(=O)O)cc21. The third-order valence-corrected chi connectivity index (χ3v) is 2.68. The van der Waals surface area contributed by atoms with E-state index in [9.17, 15) is 4.79 Å². The third-order valence-electron chi connectivity index (χ3n) is 2.40. The molecule has 0 aliphatic heterocycles. The van der Waals surface area contributed by atoms with E-state index in [2.05, 4.69) is 5.10 Å². The van der Waals surface area contributed by atoms with Gasteiger partial charge >= 0.3 is 5.97 Å². The van der Waals surface area contributed by atoms with Gasteiger partial charge in [-0.25, -0.2) is 4.79 Å². The van der Waals surface area contributed by atoms with Crippen LogP contribution in [-0.2, 0) is 0 Å². The molecule has 0 bridgehead atoms. The number of benzene rings is 1. The molecule has 0 fully saturated rings. The zero-order chi connectivity index (χ0) is 11.9. The van der Waals surface area contributed by atoms with Crippen LogP contribution in [0.4, 0.5) is 0 Å². The molecule has 0 unspecified atom stereocenters. The fourth-order valence-corrected chi connectivity index (χ4v) is 1.87. The molecule has 2 aromatic rings. The minimum Gasteiger partial charge on any atom is -0.478 e. The van der Waals surface area contributed by atoms with Crippen LogP contribution in [-0.4, -0.2) is 20.9 Å². The second kappa shape index (κ2) is 3.79. The highest BCUT2D eigenvalue weighted by atomic mass is 35.5. The molecule has 1 heterocycles. The van der Waals surface area contributed by atoms with Gasteiger partial charge in [0.15, 0.2) is 5.15 Å². The van der Waals surface area contributed by atoms with E-state index in [1.807, 2.05) is 13.8 Å². The zero-order valence-corrected chi connectivity index (χ0v) is 9.69. The molecule has 1 N–H and O–H groups in total. The van der Waals surface area contributed by atoms with Gasteiger partial charge in [-0.3, -0.25) is 4.68 Å². The smallest absolute Gasteiger partial charge is 0.335 e. The van der Waals surface area contributed by atoms with Gasteiger partial charge in [-0.15, -0.1) is 0 Å². The van der Waals surface area contributed by atoms with Gasteiger partial charge in [0.05, 0.1) is 11.1 Å². The molecule has 5 heteroatoms. The van der Waals surface area contributed by atoms with Crippen LogP contribution in [0.3, 0.4) is 0 Å². The van der Waals surface area contributed by atoms with Gasteiger partial charge < -0.3 is 5.11 Å². The second-order valence-corrected chi connectivity index (χ2v) is 4.22. The first-order valence-corrected chi connectivity index (χ1v) is 5.29. The first kappa shape index (κ1) is 11.0. The molecule has 0 spiro atoms. The Morgan fingerprint density at radius 1 is 1.50 bits per heavy atom. The van der Waals surface area contributed by atoms with Gasteiger partial charge in [0.2, 0.25) is 0 Å². The molecular formula is C11H11ClN2O2. The summed E-state index contributed by atoms with van der Waals surface area (Å²) in [5, 5.41) is 14.3. The average molecular weight is 239 g/mol. The Bertz CT molecular complexity index is 560. The highest BCUT2D eigenvalue weighted by Gasteiger charge is 2.13. The Hall–Kier alpha value is -1.55. The van der Waals surface area contributed by atoms with Crippen LogP contribution in [0.2, 0.25) is 5.15 Å². The first-order chi connectivity index (χ1) is 7.50. The van der Waals surface area contributed by atoms with E-state index in [0.717, 1.165) is 10.9 Å². The number of halogens is 1. The number of hydrogen-bond donors (Lipinski definition) is 1. The molecule has 0 saturated heterocycles. The Kier molecular flexibility index (Phi) is 2.59. The van der Waals surface area contributed by atoms with Crippen molar-refractivity contribution in [2.24, 2.45) is 0 Å². The number of carboxylic acids is 1. The van der Waals surface area contributed by atoms with Crippen LogP contribution in [0.1, 0.15) is 30.2 Å². The number of aromatic carboxylic acids is 1. The molecule has 2 rings (SSSR count). The largest absolute Gasteiger partial charge is 0.478 e. The van der Waals surface area contributed by atoms with Crippen molar-refractivity contribution in [2.45, 2.75) is 19.9 Å². The van der Waals surface area contributed by atoms with Crippen LogP contribution in [0.5, 0.6) is 0 Å². The predicted molar refractivity (Wildman–Crippen MR) is 62.1 cm³/mol. The van der Waals surface area contributed by atoms with Gasteiger partial charge in [-0.2, -0.15) is 5.10 Å². The predicted octanol–water partition coefficient (Wildman–Crippen LogP) is 2.97. The van der Waals surface area contributed by atoms with Crippen molar-refractivity contribution in [1.82, 2.24) is 9.78 Å². The molecule has 1 aromatic carbocycles. The number of carbonyl (C=O) groups is 1. The fourth-order valence-electron chi connectivity index (χ4n) is 1.62. The molecule has 16 heavy (non-hydrogen) atoms. The van der Waals surface area contributed by atoms with Crippen LogP contribution in [0.15, 0.2) is 18.2 Å². The molecule has 4 nitrogen and oxygen atoms in total. The van der Waals surface area contributed by atoms with Crippen LogP contribution >= 0.6 is 11.6 Å². The zero-order valence-electron chi connectivity index (χ0n) is 8.94. The molecule has 0 aliphatic carbocycles. The van der Waals surface area contributed by atoms with Crippen molar-refractivity contribution in [3.05, 3.63) is 28.9 Å². The fraction of sp³-hybridized carbons (Fsp3) is 0.273. The third kappa shape index (κ3) is 1.65. The molecule has 0 radical (unpaired) electrons. The van der Waals surface area contributed by atoms with E-state index >= 15 is 0 Å². The van der Waals surface area contributed by atoms with E-state index in [4.69, 9.17) is 16.7 Å². The molecule has 84 valence electrons. The summed E-state index contributed by atoms with van der Waals surface area (Å²) in [4.78, 5) is 10.9. The quantitative estimate of drug-likeness (QED) is 0.875. The van der Waals surface area contributed by atoms with Crippen molar-refractivity contribution in [3.8, 4) is 0 Å². The lowest BCUT2D eigenvalue weighted by Crippen LogP contribution is -2.03. The highest BCUT2D eigenvalue weighted by Crippen LogP contribution is 2.26. The molecular weight excluding hydrogens is 228 g/mol. The maximum absolute atomic E-state index is 10.9. The summed E-state index contributed by atoms with van der Waals surface area (Å²) in [5.41, 5.74) is 0.992. The summed E-state index contributed by atoms with van der Waals surface area (Å²) < 4.78 is 1.73. The number of nitrogens with zero attached hydrogens (tertiary/aromatic N) is 2. The summed E-state index contributed by atoms with van der Waals surface area (Å²) in [6, 6.07) is 4.95. The summed E-state index contributed by atoms with van der Waals surface area (Å²) in [6.45, 7) is 3.94. The van der Waals surface area contributed by atoms with E-state index in [1.165, 1.54) is 6.07 Å².